The number of hydrogen-bond donors (Lipinski definition) is 1. The number of aromatic nitrogens is 3. The molecule has 106 valence electrons. The van der Waals surface area contributed by atoms with E-state index in [9.17, 15) is 4.79 Å². The zero-order chi connectivity index (χ0) is 14.7. The molecule has 0 saturated carbocycles. The second-order valence-electron chi connectivity index (χ2n) is 4.74. The molecule has 0 aliphatic rings. The number of halogens is 1. The van der Waals surface area contributed by atoms with Crippen LogP contribution in [0.3, 0.4) is 0 Å². The van der Waals surface area contributed by atoms with E-state index < -0.39 is 0 Å². The summed E-state index contributed by atoms with van der Waals surface area (Å²) in [6.45, 7) is 6.02. The first kappa shape index (κ1) is 14.7. The number of benzene rings is 1. The summed E-state index contributed by atoms with van der Waals surface area (Å²) in [5.74, 6) is 0.285. The van der Waals surface area contributed by atoms with Crippen molar-refractivity contribution in [3.63, 3.8) is 0 Å². The molecule has 1 amide bonds. The summed E-state index contributed by atoms with van der Waals surface area (Å²) in [6, 6.07) is 5.70. The van der Waals surface area contributed by atoms with Gasteiger partial charge in [-0.15, -0.1) is 0 Å². The van der Waals surface area contributed by atoms with E-state index in [1.807, 2.05) is 26.0 Å². The number of hydrogen-bond acceptors (Lipinski definition) is 3. The van der Waals surface area contributed by atoms with E-state index in [-0.39, 0.29) is 11.9 Å². The molecule has 0 aliphatic carbocycles. The molecular formula is C14H17BrN4O. The van der Waals surface area contributed by atoms with Crippen LogP contribution in [0.4, 0.5) is 5.95 Å². The molecule has 1 N–H and O–H groups in total. The van der Waals surface area contributed by atoms with Gasteiger partial charge in [-0.05, 0) is 44.0 Å². The fourth-order valence-corrected chi connectivity index (χ4v) is 2.41. The van der Waals surface area contributed by atoms with Crippen LogP contribution in [0.1, 0.15) is 42.7 Å². The minimum atomic E-state index is -0.179. The molecule has 0 radical (unpaired) electrons. The smallest absolute Gasteiger partial charge is 0.258 e. The van der Waals surface area contributed by atoms with Gasteiger partial charge in [0.25, 0.3) is 5.91 Å². The SMILES string of the molecule is CCc1cc(C(=O)Nc2ncnn2C(C)C)ccc1Br. The van der Waals surface area contributed by atoms with Crippen LogP contribution in [0.2, 0.25) is 0 Å². The van der Waals surface area contributed by atoms with Crippen molar-refractivity contribution in [1.82, 2.24) is 14.8 Å². The minimum absolute atomic E-state index is 0.143. The first-order valence-electron chi connectivity index (χ1n) is 6.52. The number of rotatable bonds is 4. The van der Waals surface area contributed by atoms with Crippen molar-refractivity contribution in [3.05, 3.63) is 40.1 Å². The molecule has 0 aliphatic heterocycles. The van der Waals surface area contributed by atoms with Gasteiger partial charge in [0.15, 0.2) is 0 Å². The summed E-state index contributed by atoms with van der Waals surface area (Å²) >= 11 is 3.47. The molecule has 1 heterocycles. The lowest BCUT2D eigenvalue weighted by Gasteiger charge is -2.10. The van der Waals surface area contributed by atoms with Crippen LogP contribution in [-0.4, -0.2) is 20.7 Å². The van der Waals surface area contributed by atoms with Crippen LogP contribution in [-0.2, 0) is 6.42 Å². The van der Waals surface area contributed by atoms with Crippen LogP contribution < -0.4 is 5.32 Å². The van der Waals surface area contributed by atoms with Crippen molar-refractivity contribution in [2.75, 3.05) is 5.32 Å². The van der Waals surface area contributed by atoms with Crippen molar-refractivity contribution in [2.24, 2.45) is 0 Å². The summed E-state index contributed by atoms with van der Waals surface area (Å²) < 4.78 is 2.69. The summed E-state index contributed by atoms with van der Waals surface area (Å²) in [5.41, 5.74) is 1.71. The highest BCUT2D eigenvalue weighted by atomic mass is 79.9. The average molecular weight is 337 g/mol. The lowest BCUT2D eigenvalue weighted by atomic mass is 10.1. The fraction of sp³-hybridized carbons (Fsp3) is 0.357. The van der Waals surface area contributed by atoms with Crippen molar-refractivity contribution >= 4 is 27.8 Å². The second kappa shape index (κ2) is 6.17. The van der Waals surface area contributed by atoms with E-state index in [4.69, 9.17) is 0 Å². The number of nitrogens with one attached hydrogen (secondary N) is 1. The third-order valence-electron chi connectivity index (χ3n) is 2.98. The number of nitrogens with zero attached hydrogens (tertiary/aromatic N) is 3. The van der Waals surface area contributed by atoms with Gasteiger partial charge in [0.2, 0.25) is 5.95 Å². The maximum absolute atomic E-state index is 12.3. The van der Waals surface area contributed by atoms with Gasteiger partial charge in [-0.2, -0.15) is 10.1 Å². The number of aryl methyl sites for hydroxylation is 1. The molecule has 0 unspecified atom stereocenters. The molecule has 0 saturated heterocycles. The largest absolute Gasteiger partial charge is 0.291 e. The summed E-state index contributed by atoms with van der Waals surface area (Å²) in [6.07, 6.45) is 2.30. The molecule has 0 bridgehead atoms. The number of amides is 1. The summed E-state index contributed by atoms with van der Waals surface area (Å²) in [7, 11) is 0. The van der Waals surface area contributed by atoms with E-state index in [0.717, 1.165) is 16.5 Å². The van der Waals surface area contributed by atoms with Crippen molar-refractivity contribution in [2.45, 2.75) is 33.2 Å². The van der Waals surface area contributed by atoms with E-state index >= 15 is 0 Å². The van der Waals surface area contributed by atoms with Crippen molar-refractivity contribution in [3.8, 4) is 0 Å². The Kier molecular flexibility index (Phi) is 4.54. The maximum atomic E-state index is 12.3. The number of carbonyl (C=O) groups excluding carboxylic acids is 1. The lowest BCUT2D eigenvalue weighted by Crippen LogP contribution is -2.17. The molecule has 0 fully saturated rings. The molecule has 1 aromatic carbocycles. The predicted octanol–water partition coefficient (Wildman–Crippen LogP) is 3.44. The minimum Gasteiger partial charge on any atom is -0.291 e. The predicted molar refractivity (Wildman–Crippen MR) is 81.9 cm³/mol. The summed E-state index contributed by atoms with van der Waals surface area (Å²) in [4.78, 5) is 16.3. The maximum Gasteiger partial charge on any atom is 0.258 e. The van der Waals surface area contributed by atoms with Crippen LogP contribution >= 0.6 is 15.9 Å². The Morgan fingerprint density at radius 1 is 1.45 bits per heavy atom. The molecular weight excluding hydrogens is 320 g/mol. The highest BCUT2D eigenvalue weighted by molar-refractivity contribution is 9.10. The third kappa shape index (κ3) is 3.07. The van der Waals surface area contributed by atoms with Gasteiger partial charge >= 0.3 is 0 Å². The zero-order valence-corrected chi connectivity index (χ0v) is 13.3. The van der Waals surface area contributed by atoms with E-state index in [0.29, 0.717) is 11.5 Å². The van der Waals surface area contributed by atoms with Gasteiger partial charge in [0.05, 0.1) is 6.04 Å². The van der Waals surface area contributed by atoms with Crippen LogP contribution in [0.5, 0.6) is 0 Å². The quantitative estimate of drug-likeness (QED) is 0.930. The molecule has 2 aromatic rings. The van der Waals surface area contributed by atoms with Crippen LogP contribution in [0, 0.1) is 0 Å². The topological polar surface area (TPSA) is 59.8 Å². The Hall–Kier alpha value is -1.69. The Labute approximate surface area is 126 Å². The van der Waals surface area contributed by atoms with Crippen LogP contribution in [0.15, 0.2) is 29.0 Å². The van der Waals surface area contributed by atoms with Crippen LogP contribution in [0.25, 0.3) is 0 Å². The molecule has 5 nitrogen and oxygen atoms in total. The molecule has 0 spiro atoms. The second-order valence-corrected chi connectivity index (χ2v) is 5.59. The fourth-order valence-electron chi connectivity index (χ4n) is 1.88. The van der Waals surface area contributed by atoms with Gasteiger partial charge in [0, 0.05) is 10.0 Å². The zero-order valence-electron chi connectivity index (χ0n) is 11.7. The number of carbonyl (C=O) groups is 1. The molecule has 2 rings (SSSR count). The molecule has 20 heavy (non-hydrogen) atoms. The third-order valence-corrected chi connectivity index (χ3v) is 3.75. The van der Waals surface area contributed by atoms with Gasteiger partial charge in [-0.1, -0.05) is 22.9 Å². The van der Waals surface area contributed by atoms with Crippen molar-refractivity contribution in [1.29, 1.82) is 0 Å². The molecule has 6 heteroatoms. The van der Waals surface area contributed by atoms with Gasteiger partial charge in [-0.25, -0.2) is 4.68 Å². The Morgan fingerprint density at radius 2 is 2.20 bits per heavy atom. The lowest BCUT2D eigenvalue weighted by molar-refractivity contribution is 0.102. The van der Waals surface area contributed by atoms with Gasteiger partial charge in [-0.3, -0.25) is 10.1 Å². The highest BCUT2D eigenvalue weighted by Gasteiger charge is 2.13. The van der Waals surface area contributed by atoms with E-state index in [1.165, 1.54) is 6.33 Å². The van der Waals surface area contributed by atoms with Crippen molar-refractivity contribution < 1.29 is 4.79 Å². The molecule has 0 atom stereocenters. The first-order valence-corrected chi connectivity index (χ1v) is 7.31. The Bertz CT molecular complexity index is 621. The van der Waals surface area contributed by atoms with E-state index in [1.54, 1.807) is 10.7 Å². The normalized spacial score (nSPS) is 10.8. The number of anilines is 1. The Morgan fingerprint density at radius 3 is 2.85 bits per heavy atom. The van der Waals surface area contributed by atoms with E-state index in [2.05, 4.69) is 38.3 Å². The standard InChI is InChI=1S/C14H17BrN4O/c1-4-10-7-11(5-6-12(10)15)13(20)18-14-16-8-17-19(14)9(2)3/h5-9H,4H2,1-3H3,(H,16,17,18,20). The summed E-state index contributed by atoms with van der Waals surface area (Å²) in [5, 5.41) is 6.89. The Balaban J connectivity index is 2.22. The average Bonchev–Trinajstić information content (AvgIpc) is 2.87. The molecule has 1 aromatic heterocycles. The first-order chi connectivity index (χ1) is 9.52. The van der Waals surface area contributed by atoms with Gasteiger partial charge in [0.1, 0.15) is 6.33 Å². The monoisotopic (exact) mass is 336 g/mol. The van der Waals surface area contributed by atoms with Gasteiger partial charge < -0.3 is 0 Å². The highest BCUT2D eigenvalue weighted by Crippen LogP contribution is 2.19.